The largest absolute Gasteiger partial charge is 0.335 e. The molecule has 0 aromatic heterocycles. The summed E-state index contributed by atoms with van der Waals surface area (Å²) in [5.74, 6) is 0.569. The van der Waals surface area contributed by atoms with Gasteiger partial charge in [0.1, 0.15) is 0 Å². The van der Waals surface area contributed by atoms with Crippen LogP contribution < -0.4 is 5.32 Å². The molecule has 0 radical (unpaired) electrons. The van der Waals surface area contributed by atoms with E-state index in [1.54, 1.807) is 0 Å². The lowest BCUT2D eigenvalue weighted by Gasteiger charge is -2.39. The summed E-state index contributed by atoms with van der Waals surface area (Å²) < 4.78 is 0. The molecule has 1 aromatic rings. The molecule has 3 atom stereocenters. The van der Waals surface area contributed by atoms with Crippen LogP contribution in [0.25, 0.3) is 0 Å². The average Bonchev–Trinajstić information content (AvgIpc) is 2.47. The van der Waals surface area contributed by atoms with Gasteiger partial charge in [-0.15, -0.1) is 0 Å². The first-order chi connectivity index (χ1) is 9.66. The van der Waals surface area contributed by atoms with Crippen molar-refractivity contribution in [2.75, 3.05) is 13.1 Å². The van der Waals surface area contributed by atoms with E-state index < -0.39 is 0 Å². The molecular formula is C17H24N2O. The van der Waals surface area contributed by atoms with Crippen LogP contribution in [-0.4, -0.2) is 29.9 Å². The van der Waals surface area contributed by atoms with E-state index in [9.17, 15) is 4.79 Å². The lowest BCUT2D eigenvalue weighted by molar-refractivity contribution is -0.139. The molecule has 1 amide bonds. The fourth-order valence-corrected chi connectivity index (χ4v) is 3.66. The molecule has 0 bridgehead atoms. The summed E-state index contributed by atoms with van der Waals surface area (Å²) in [4.78, 5) is 14.9. The predicted molar refractivity (Wildman–Crippen MR) is 80.5 cm³/mol. The van der Waals surface area contributed by atoms with E-state index in [4.69, 9.17) is 0 Å². The Morgan fingerprint density at radius 2 is 2.10 bits per heavy atom. The number of piperidine rings is 1. The Labute approximate surface area is 121 Å². The predicted octanol–water partition coefficient (Wildman–Crippen LogP) is 2.52. The highest BCUT2D eigenvalue weighted by Gasteiger charge is 2.33. The molecule has 0 saturated carbocycles. The molecule has 2 aliphatic rings. The summed E-state index contributed by atoms with van der Waals surface area (Å²) in [7, 11) is 0. The number of nitrogens with zero attached hydrogens (tertiary/aromatic N) is 1. The minimum Gasteiger partial charge on any atom is -0.335 e. The van der Waals surface area contributed by atoms with Crippen molar-refractivity contribution in [3.05, 3.63) is 35.4 Å². The van der Waals surface area contributed by atoms with Crippen LogP contribution in [0.3, 0.4) is 0 Å². The molecule has 1 aromatic carbocycles. The highest BCUT2D eigenvalue weighted by atomic mass is 16.2. The van der Waals surface area contributed by atoms with Crippen LogP contribution in [0.4, 0.5) is 0 Å². The number of hydrogen-bond acceptors (Lipinski definition) is 2. The first-order valence-electron chi connectivity index (χ1n) is 7.78. The standard InChI is InChI=1S/C17H24N2O/c1-12-11-15(7-9-18-12)17(20)19-10-8-14-5-3-4-6-16(14)13(19)2/h3-6,12-13,15,18H,7-11H2,1-2H3/t12-,13?,15-/m0/s1. The third-order valence-electron chi connectivity index (χ3n) is 4.85. The van der Waals surface area contributed by atoms with Crippen molar-refractivity contribution in [3.63, 3.8) is 0 Å². The Hall–Kier alpha value is -1.35. The SMILES string of the molecule is CC1c2ccccc2CCN1C(=O)[C@H]1CCN[C@@H](C)C1. The quantitative estimate of drug-likeness (QED) is 0.852. The number of amides is 1. The van der Waals surface area contributed by atoms with Crippen LogP contribution in [0, 0.1) is 5.92 Å². The van der Waals surface area contributed by atoms with Gasteiger partial charge in [0, 0.05) is 18.5 Å². The molecule has 3 rings (SSSR count). The summed E-state index contributed by atoms with van der Waals surface area (Å²) in [5.41, 5.74) is 2.73. The van der Waals surface area contributed by atoms with Crippen LogP contribution in [0.5, 0.6) is 0 Å². The Balaban J connectivity index is 1.76. The van der Waals surface area contributed by atoms with E-state index >= 15 is 0 Å². The molecule has 2 heterocycles. The second-order valence-electron chi connectivity index (χ2n) is 6.23. The molecule has 3 nitrogen and oxygen atoms in total. The van der Waals surface area contributed by atoms with Gasteiger partial charge in [-0.25, -0.2) is 0 Å². The first kappa shape index (κ1) is 13.6. The fourth-order valence-electron chi connectivity index (χ4n) is 3.66. The Kier molecular flexibility index (Phi) is 3.79. The zero-order chi connectivity index (χ0) is 14.1. The van der Waals surface area contributed by atoms with E-state index in [1.165, 1.54) is 11.1 Å². The van der Waals surface area contributed by atoms with Gasteiger partial charge in [-0.3, -0.25) is 4.79 Å². The number of benzene rings is 1. The van der Waals surface area contributed by atoms with E-state index in [1.807, 2.05) is 0 Å². The second kappa shape index (κ2) is 5.57. The van der Waals surface area contributed by atoms with Crippen molar-refractivity contribution in [3.8, 4) is 0 Å². The topological polar surface area (TPSA) is 32.3 Å². The lowest BCUT2D eigenvalue weighted by Crippen LogP contribution is -2.46. The van der Waals surface area contributed by atoms with Gasteiger partial charge in [0.2, 0.25) is 5.91 Å². The second-order valence-corrected chi connectivity index (χ2v) is 6.23. The van der Waals surface area contributed by atoms with E-state index in [0.717, 1.165) is 32.4 Å². The molecule has 2 aliphatic heterocycles. The Bertz CT molecular complexity index is 500. The van der Waals surface area contributed by atoms with Crippen molar-refractivity contribution in [2.24, 2.45) is 5.92 Å². The van der Waals surface area contributed by atoms with Crippen LogP contribution >= 0.6 is 0 Å². The molecule has 1 saturated heterocycles. The van der Waals surface area contributed by atoms with E-state index in [-0.39, 0.29) is 12.0 Å². The summed E-state index contributed by atoms with van der Waals surface area (Å²) in [6.45, 7) is 6.18. The summed E-state index contributed by atoms with van der Waals surface area (Å²) in [5, 5.41) is 3.43. The van der Waals surface area contributed by atoms with Gasteiger partial charge >= 0.3 is 0 Å². The maximum atomic E-state index is 12.8. The summed E-state index contributed by atoms with van der Waals surface area (Å²) in [6.07, 6.45) is 2.95. The van der Waals surface area contributed by atoms with Gasteiger partial charge in [-0.2, -0.15) is 0 Å². The normalized spacial score (nSPS) is 29.9. The van der Waals surface area contributed by atoms with Crippen LogP contribution in [0.15, 0.2) is 24.3 Å². The Morgan fingerprint density at radius 3 is 2.90 bits per heavy atom. The average molecular weight is 272 g/mol. The smallest absolute Gasteiger partial charge is 0.226 e. The molecule has 108 valence electrons. The van der Waals surface area contributed by atoms with Crippen molar-refractivity contribution in [2.45, 2.75) is 45.2 Å². The van der Waals surface area contributed by atoms with Gasteiger partial charge in [-0.05, 0) is 50.8 Å². The van der Waals surface area contributed by atoms with Crippen molar-refractivity contribution < 1.29 is 4.79 Å². The van der Waals surface area contributed by atoms with Crippen molar-refractivity contribution >= 4 is 5.91 Å². The van der Waals surface area contributed by atoms with Crippen LogP contribution in [0.1, 0.15) is 43.9 Å². The van der Waals surface area contributed by atoms with Gasteiger partial charge in [0.25, 0.3) is 0 Å². The number of fused-ring (bicyclic) bond motifs is 1. The zero-order valence-electron chi connectivity index (χ0n) is 12.4. The van der Waals surface area contributed by atoms with Crippen LogP contribution in [0.2, 0.25) is 0 Å². The lowest BCUT2D eigenvalue weighted by atomic mass is 9.88. The third-order valence-corrected chi connectivity index (χ3v) is 4.85. The van der Waals surface area contributed by atoms with Gasteiger partial charge in [0.05, 0.1) is 6.04 Å². The maximum absolute atomic E-state index is 12.8. The van der Waals surface area contributed by atoms with E-state index in [0.29, 0.717) is 11.9 Å². The Morgan fingerprint density at radius 1 is 1.30 bits per heavy atom. The highest BCUT2D eigenvalue weighted by molar-refractivity contribution is 5.80. The zero-order valence-corrected chi connectivity index (χ0v) is 12.4. The summed E-state index contributed by atoms with van der Waals surface area (Å²) >= 11 is 0. The molecular weight excluding hydrogens is 248 g/mol. The number of hydrogen-bond donors (Lipinski definition) is 1. The first-order valence-corrected chi connectivity index (χ1v) is 7.78. The minimum atomic E-state index is 0.207. The number of carbonyl (C=O) groups excluding carboxylic acids is 1. The van der Waals surface area contributed by atoms with Crippen molar-refractivity contribution in [1.82, 2.24) is 10.2 Å². The summed E-state index contributed by atoms with van der Waals surface area (Å²) in [6, 6.07) is 9.22. The number of rotatable bonds is 1. The molecule has 0 spiro atoms. The van der Waals surface area contributed by atoms with Crippen molar-refractivity contribution in [1.29, 1.82) is 0 Å². The van der Waals surface area contributed by atoms with Crippen LogP contribution in [-0.2, 0) is 11.2 Å². The maximum Gasteiger partial charge on any atom is 0.226 e. The molecule has 1 unspecified atom stereocenters. The molecule has 20 heavy (non-hydrogen) atoms. The number of carbonyl (C=O) groups is 1. The molecule has 0 aliphatic carbocycles. The minimum absolute atomic E-state index is 0.207. The highest BCUT2D eigenvalue weighted by Crippen LogP contribution is 2.31. The molecule has 1 N–H and O–H groups in total. The fraction of sp³-hybridized carbons (Fsp3) is 0.588. The van der Waals surface area contributed by atoms with Gasteiger partial charge in [0.15, 0.2) is 0 Å². The number of nitrogens with one attached hydrogen (secondary N) is 1. The monoisotopic (exact) mass is 272 g/mol. The third kappa shape index (κ3) is 2.47. The van der Waals surface area contributed by atoms with Gasteiger partial charge < -0.3 is 10.2 Å². The van der Waals surface area contributed by atoms with Gasteiger partial charge in [-0.1, -0.05) is 24.3 Å². The molecule has 3 heteroatoms. The van der Waals surface area contributed by atoms with E-state index in [2.05, 4.69) is 48.3 Å². The molecule has 1 fully saturated rings.